The second kappa shape index (κ2) is 6.06. The Balaban J connectivity index is 2.10. The van der Waals surface area contributed by atoms with E-state index in [2.05, 4.69) is 11.0 Å². The van der Waals surface area contributed by atoms with E-state index in [9.17, 15) is 9.90 Å². The highest BCUT2D eigenvalue weighted by atomic mass is 16.4. The molecule has 2 rings (SSSR count). The van der Waals surface area contributed by atoms with Crippen LogP contribution in [0.1, 0.15) is 37.3 Å². The van der Waals surface area contributed by atoms with Crippen LogP contribution in [0, 0.1) is 16.7 Å². The summed E-state index contributed by atoms with van der Waals surface area (Å²) in [6.45, 7) is 4.18. The minimum Gasteiger partial charge on any atom is -0.481 e. The number of benzene rings is 1. The van der Waals surface area contributed by atoms with Crippen molar-refractivity contribution in [1.82, 2.24) is 4.90 Å². The molecule has 0 bridgehead atoms. The first kappa shape index (κ1) is 14.5. The number of aliphatic carboxylic acids is 1. The van der Waals surface area contributed by atoms with Crippen LogP contribution in [0.4, 0.5) is 0 Å². The summed E-state index contributed by atoms with van der Waals surface area (Å²) in [4.78, 5) is 13.7. The number of carboxylic acid groups (broad SMARTS) is 1. The quantitative estimate of drug-likeness (QED) is 0.915. The Kier molecular flexibility index (Phi) is 4.41. The molecular formula is C16H20N2O2. The van der Waals surface area contributed by atoms with Crippen molar-refractivity contribution in [2.75, 3.05) is 13.1 Å². The van der Waals surface area contributed by atoms with Crippen molar-refractivity contribution in [1.29, 1.82) is 5.26 Å². The van der Waals surface area contributed by atoms with Gasteiger partial charge in [0.15, 0.2) is 0 Å². The summed E-state index contributed by atoms with van der Waals surface area (Å²) in [5.41, 5.74) is 1.12. The van der Waals surface area contributed by atoms with Crippen LogP contribution in [0.15, 0.2) is 24.3 Å². The van der Waals surface area contributed by atoms with E-state index >= 15 is 0 Å². The third-order valence-corrected chi connectivity index (χ3v) is 4.25. The van der Waals surface area contributed by atoms with Crippen molar-refractivity contribution in [2.24, 2.45) is 5.41 Å². The lowest BCUT2D eigenvalue weighted by Gasteiger charge is -2.39. The van der Waals surface area contributed by atoms with Gasteiger partial charge in [-0.05, 0) is 43.5 Å². The molecule has 1 N–H and O–H groups in total. The zero-order valence-corrected chi connectivity index (χ0v) is 11.8. The number of carbonyl (C=O) groups is 1. The molecule has 1 fully saturated rings. The number of rotatable bonds is 4. The lowest BCUT2D eigenvalue weighted by atomic mass is 9.77. The Labute approximate surface area is 119 Å². The summed E-state index contributed by atoms with van der Waals surface area (Å²) >= 11 is 0. The molecule has 1 atom stereocenters. The van der Waals surface area contributed by atoms with E-state index in [-0.39, 0.29) is 0 Å². The zero-order valence-electron chi connectivity index (χ0n) is 11.8. The van der Waals surface area contributed by atoms with Crippen LogP contribution in [0.3, 0.4) is 0 Å². The SMILES string of the molecule is CCC1(C(=O)O)CCCN(Cc2cccc(C#N)c2)C1. The number of nitrogens with zero attached hydrogens (tertiary/aromatic N) is 2. The number of carboxylic acids is 1. The first-order valence-electron chi connectivity index (χ1n) is 7.04. The Morgan fingerprint density at radius 2 is 2.35 bits per heavy atom. The molecule has 0 aliphatic carbocycles. The summed E-state index contributed by atoms with van der Waals surface area (Å²) in [7, 11) is 0. The van der Waals surface area contributed by atoms with Gasteiger partial charge in [0.05, 0.1) is 17.0 Å². The first-order valence-corrected chi connectivity index (χ1v) is 7.04. The molecule has 1 unspecified atom stereocenters. The normalized spacial score (nSPS) is 23.2. The molecule has 4 heteroatoms. The van der Waals surface area contributed by atoms with Gasteiger partial charge in [-0.25, -0.2) is 0 Å². The molecule has 0 saturated carbocycles. The van der Waals surface area contributed by atoms with Crippen molar-refractivity contribution in [3.05, 3.63) is 35.4 Å². The fourth-order valence-corrected chi connectivity index (χ4v) is 2.97. The maximum atomic E-state index is 11.5. The molecule has 20 heavy (non-hydrogen) atoms. The predicted molar refractivity (Wildman–Crippen MR) is 76.0 cm³/mol. The summed E-state index contributed by atoms with van der Waals surface area (Å²) < 4.78 is 0. The lowest BCUT2D eigenvalue weighted by Crippen LogP contribution is -2.47. The van der Waals surface area contributed by atoms with Crippen molar-refractivity contribution in [3.63, 3.8) is 0 Å². The standard InChI is InChI=1S/C16H20N2O2/c1-2-16(15(19)20)7-4-8-18(12-16)11-14-6-3-5-13(9-14)10-17/h3,5-6,9H,2,4,7-8,11-12H2,1H3,(H,19,20). The first-order chi connectivity index (χ1) is 9.59. The van der Waals surface area contributed by atoms with Crippen LogP contribution in [0.2, 0.25) is 0 Å². The van der Waals surface area contributed by atoms with Crippen LogP contribution >= 0.6 is 0 Å². The fraction of sp³-hybridized carbons (Fsp3) is 0.500. The maximum Gasteiger partial charge on any atom is 0.310 e. The summed E-state index contributed by atoms with van der Waals surface area (Å²) in [6, 6.07) is 9.67. The summed E-state index contributed by atoms with van der Waals surface area (Å²) in [5.74, 6) is -0.685. The van der Waals surface area contributed by atoms with Gasteiger partial charge in [0.2, 0.25) is 0 Å². The van der Waals surface area contributed by atoms with Crippen molar-refractivity contribution in [2.45, 2.75) is 32.7 Å². The maximum absolute atomic E-state index is 11.5. The van der Waals surface area contributed by atoms with Gasteiger partial charge in [0, 0.05) is 13.1 Å². The second-order valence-corrected chi connectivity index (χ2v) is 5.57. The third-order valence-electron chi connectivity index (χ3n) is 4.25. The van der Waals surface area contributed by atoms with Gasteiger partial charge in [-0.15, -0.1) is 0 Å². The molecule has 1 heterocycles. The molecule has 0 aromatic heterocycles. The van der Waals surface area contributed by atoms with E-state index in [0.29, 0.717) is 25.1 Å². The smallest absolute Gasteiger partial charge is 0.310 e. The third kappa shape index (κ3) is 3.00. The second-order valence-electron chi connectivity index (χ2n) is 5.57. The molecule has 1 aliphatic rings. The van der Waals surface area contributed by atoms with E-state index in [1.165, 1.54) is 0 Å². The predicted octanol–water partition coefficient (Wildman–Crippen LogP) is 2.64. The number of nitriles is 1. The van der Waals surface area contributed by atoms with Gasteiger partial charge in [0.1, 0.15) is 0 Å². The average Bonchev–Trinajstić information content (AvgIpc) is 2.47. The van der Waals surface area contributed by atoms with Crippen molar-refractivity contribution in [3.8, 4) is 6.07 Å². The van der Waals surface area contributed by atoms with E-state index in [1.54, 1.807) is 6.07 Å². The number of hydrogen-bond donors (Lipinski definition) is 1. The molecule has 1 aliphatic heterocycles. The highest BCUT2D eigenvalue weighted by molar-refractivity contribution is 5.75. The number of likely N-dealkylation sites (tertiary alicyclic amines) is 1. The minimum absolute atomic E-state index is 0.593. The number of piperidine rings is 1. The van der Waals surface area contributed by atoms with Crippen LogP contribution in [0.25, 0.3) is 0 Å². The molecule has 4 nitrogen and oxygen atoms in total. The van der Waals surface area contributed by atoms with Crippen molar-refractivity contribution < 1.29 is 9.90 Å². The van der Waals surface area contributed by atoms with Gasteiger partial charge in [-0.2, -0.15) is 5.26 Å². The van der Waals surface area contributed by atoms with Gasteiger partial charge in [0.25, 0.3) is 0 Å². The van der Waals surface area contributed by atoms with E-state index in [1.807, 2.05) is 25.1 Å². The number of hydrogen-bond acceptors (Lipinski definition) is 3. The van der Waals surface area contributed by atoms with Crippen LogP contribution < -0.4 is 0 Å². The fourth-order valence-electron chi connectivity index (χ4n) is 2.97. The Hall–Kier alpha value is -1.86. The molecular weight excluding hydrogens is 252 g/mol. The largest absolute Gasteiger partial charge is 0.481 e. The Bertz CT molecular complexity index is 536. The minimum atomic E-state index is -0.685. The van der Waals surface area contributed by atoms with Crippen LogP contribution in [-0.4, -0.2) is 29.1 Å². The summed E-state index contributed by atoms with van der Waals surface area (Å²) in [5, 5.41) is 18.4. The topological polar surface area (TPSA) is 64.3 Å². The van der Waals surface area contributed by atoms with E-state index in [4.69, 9.17) is 5.26 Å². The van der Waals surface area contributed by atoms with E-state index in [0.717, 1.165) is 24.9 Å². The highest BCUT2D eigenvalue weighted by Gasteiger charge is 2.40. The molecule has 106 valence electrons. The van der Waals surface area contributed by atoms with Gasteiger partial charge in [-0.3, -0.25) is 9.69 Å². The van der Waals surface area contributed by atoms with Gasteiger partial charge in [-0.1, -0.05) is 19.1 Å². The molecule has 1 aromatic carbocycles. The Morgan fingerprint density at radius 3 is 3.00 bits per heavy atom. The van der Waals surface area contributed by atoms with E-state index < -0.39 is 11.4 Å². The van der Waals surface area contributed by atoms with Crippen LogP contribution in [-0.2, 0) is 11.3 Å². The van der Waals surface area contributed by atoms with Crippen LogP contribution in [0.5, 0.6) is 0 Å². The highest BCUT2D eigenvalue weighted by Crippen LogP contribution is 2.34. The van der Waals surface area contributed by atoms with Gasteiger partial charge < -0.3 is 5.11 Å². The zero-order chi connectivity index (χ0) is 14.6. The molecule has 0 amide bonds. The Morgan fingerprint density at radius 1 is 1.55 bits per heavy atom. The van der Waals surface area contributed by atoms with Gasteiger partial charge >= 0.3 is 5.97 Å². The molecule has 0 radical (unpaired) electrons. The summed E-state index contributed by atoms with van der Waals surface area (Å²) in [6.07, 6.45) is 2.34. The molecule has 1 saturated heterocycles. The van der Waals surface area contributed by atoms with Crippen molar-refractivity contribution >= 4 is 5.97 Å². The molecule has 1 aromatic rings. The monoisotopic (exact) mass is 272 g/mol. The lowest BCUT2D eigenvalue weighted by molar-refractivity contribution is -0.153. The molecule has 0 spiro atoms. The average molecular weight is 272 g/mol.